The molecule has 1 saturated carbocycles. The fraction of sp³-hybridized carbons (Fsp3) is 0.500. The van der Waals surface area contributed by atoms with Gasteiger partial charge in [-0.25, -0.2) is 4.39 Å². The second-order valence-electron chi connectivity index (χ2n) is 6.15. The number of hydrogen-bond acceptors (Lipinski definition) is 3. The number of aliphatic carboxylic acids is 1. The van der Waals surface area contributed by atoms with Crippen LogP contribution in [0.25, 0.3) is 0 Å². The van der Waals surface area contributed by atoms with Crippen molar-refractivity contribution in [2.75, 3.05) is 26.7 Å². The zero-order valence-corrected chi connectivity index (χ0v) is 12.5. The first kappa shape index (κ1) is 15.0. The maximum absolute atomic E-state index is 14.0. The van der Waals surface area contributed by atoms with Gasteiger partial charge in [-0.05, 0) is 26.0 Å². The van der Waals surface area contributed by atoms with Crippen molar-refractivity contribution < 1.29 is 19.1 Å². The largest absolute Gasteiger partial charge is 0.480 e. The number of carbonyl (C=O) groups excluding carboxylic acids is 1. The Balaban J connectivity index is 1.82. The predicted octanol–water partition coefficient (Wildman–Crippen LogP) is 1.08. The molecule has 22 heavy (non-hydrogen) atoms. The Morgan fingerprint density at radius 1 is 1.27 bits per heavy atom. The van der Waals surface area contributed by atoms with Crippen LogP contribution in [0.2, 0.25) is 0 Å². The molecule has 0 spiro atoms. The molecule has 2 fully saturated rings. The number of amides is 1. The Bertz CT molecular complexity index is 615. The Morgan fingerprint density at radius 3 is 2.55 bits per heavy atom. The summed E-state index contributed by atoms with van der Waals surface area (Å²) in [5, 5.41) is 9.25. The summed E-state index contributed by atoms with van der Waals surface area (Å²) in [4.78, 5) is 27.5. The van der Waals surface area contributed by atoms with Gasteiger partial charge in [0.25, 0.3) is 0 Å². The fourth-order valence-electron chi connectivity index (χ4n) is 3.20. The Hall–Kier alpha value is -1.95. The summed E-state index contributed by atoms with van der Waals surface area (Å²) in [5.41, 5.74) is -0.351. The second-order valence-corrected chi connectivity index (χ2v) is 6.15. The number of piperazine rings is 1. The standard InChI is InChI=1S/C16H19FN2O3/c1-18-8-9-19(10-13(18)14(20)21)15(22)16(6-7-16)11-4-2-3-5-12(11)17/h2-5,13H,6-10H2,1H3,(H,20,21)/t13-/m1/s1. The monoisotopic (exact) mass is 306 g/mol. The van der Waals surface area contributed by atoms with Gasteiger partial charge in [0.1, 0.15) is 11.9 Å². The van der Waals surface area contributed by atoms with Crippen molar-refractivity contribution in [2.45, 2.75) is 24.3 Å². The van der Waals surface area contributed by atoms with E-state index in [1.807, 2.05) is 0 Å². The van der Waals surface area contributed by atoms with E-state index < -0.39 is 17.4 Å². The number of rotatable bonds is 3. The highest BCUT2D eigenvalue weighted by Crippen LogP contribution is 2.50. The number of benzene rings is 1. The van der Waals surface area contributed by atoms with E-state index in [1.54, 1.807) is 35.0 Å². The highest BCUT2D eigenvalue weighted by atomic mass is 19.1. The molecular weight excluding hydrogens is 287 g/mol. The first-order chi connectivity index (χ1) is 10.5. The molecule has 1 atom stereocenters. The van der Waals surface area contributed by atoms with Crippen LogP contribution in [-0.2, 0) is 15.0 Å². The summed E-state index contributed by atoms with van der Waals surface area (Å²) in [6, 6.07) is 5.66. The lowest BCUT2D eigenvalue weighted by atomic mass is 9.93. The molecule has 3 rings (SSSR count). The molecule has 1 saturated heterocycles. The van der Waals surface area contributed by atoms with Crippen LogP contribution in [0, 0.1) is 5.82 Å². The van der Waals surface area contributed by atoms with Crippen molar-refractivity contribution in [3.05, 3.63) is 35.6 Å². The van der Waals surface area contributed by atoms with Crippen LogP contribution in [0.1, 0.15) is 18.4 Å². The summed E-state index contributed by atoms with van der Waals surface area (Å²) in [6.45, 7) is 1.15. The Labute approximate surface area is 128 Å². The quantitative estimate of drug-likeness (QED) is 0.908. The molecule has 0 unspecified atom stereocenters. The Kier molecular flexibility index (Phi) is 3.64. The lowest BCUT2D eigenvalue weighted by molar-refractivity contribution is -0.148. The zero-order chi connectivity index (χ0) is 15.9. The smallest absolute Gasteiger partial charge is 0.322 e. The van der Waals surface area contributed by atoms with Gasteiger partial charge in [-0.3, -0.25) is 14.5 Å². The first-order valence-electron chi connectivity index (χ1n) is 7.43. The number of likely N-dealkylation sites (N-methyl/N-ethyl adjacent to an activating group) is 1. The highest BCUT2D eigenvalue weighted by Gasteiger charge is 2.55. The molecule has 0 bridgehead atoms. The van der Waals surface area contributed by atoms with Crippen LogP contribution < -0.4 is 0 Å². The number of carbonyl (C=O) groups is 2. The van der Waals surface area contributed by atoms with Crippen LogP contribution in [0.3, 0.4) is 0 Å². The topological polar surface area (TPSA) is 60.9 Å². The van der Waals surface area contributed by atoms with E-state index in [-0.39, 0.29) is 18.3 Å². The zero-order valence-electron chi connectivity index (χ0n) is 12.5. The van der Waals surface area contributed by atoms with E-state index in [2.05, 4.69) is 0 Å². The molecule has 5 nitrogen and oxygen atoms in total. The fourth-order valence-corrected chi connectivity index (χ4v) is 3.20. The van der Waals surface area contributed by atoms with Crippen LogP contribution in [0.5, 0.6) is 0 Å². The van der Waals surface area contributed by atoms with E-state index in [1.165, 1.54) is 6.07 Å². The van der Waals surface area contributed by atoms with Gasteiger partial charge in [-0.1, -0.05) is 18.2 Å². The minimum atomic E-state index is -0.935. The molecule has 1 aromatic carbocycles. The van der Waals surface area contributed by atoms with Crippen LogP contribution in [0.4, 0.5) is 4.39 Å². The molecule has 1 amide bonds. The molecule has 118 valence electrons. The maximum atomic E-state index is 14.0. The highest BCUT2D eigenvalue weighted by molar-refractivity contribution is 5.92. The molecule has 1 aliphatic heterocycles. The van der Waals surface area contributed by atoms with Gasteiger partial charge in [0, 0.05) is 25.2 Å². The maximum Gasteiger partial charge on any atom is 0.322 e. The van der Waals surface area contributed by atoms with Gasteiger partial charge < -0.3 is 10.0 Å². The van der Waals surface area contributed by atoms with E-state index in [0.29, 0.717) is 31.5 Å². The minimum absolute atomic E-state index is 0.142. The van der Waals surface area contributed by atoms with Crippen LogP contribution >= 0.6 is 0 Å². The number of carboxylic acid groups (broad SMARTS) is 1. The second kappa shape index (κ2) is 5.35. The Morgan fingerprint density at radius 2 is 1.95 bits per heavy atom. The third-order valence-corrected chi connectivity index (χ3v) is 4.77. The average Bonchev–Trinajstić information content (AvgIpc) is 3.29. The molecule has 0 aromatic heterocycles. The van der Waals surface area contributed by atoms with Crippen LogP contribution in [0.15, 0.2) is 24.3 Å². The third kappa shape index (κ3) is 2.37. The van der Waals surface area contributed by atoms with Gasteiger partial charge >= 0.3 is 5.97 Å². The summed E-state index contributed by atoms with van der Waals surface area (Å²) < 4.78 is 14.0. The molecule has 6 heteroatoms. The summed E-state index contributed by atoms with van der Waals surface area (Å²) >= 11 is 0. The molecule has 1 heterocycles. The third-order valence-electron chi connectivity index (χ3n) is 4.77. The molecule has 2 aliphatic rings. The number of hydrogen-bond donors (Lipinski definition) is 1. The molecule has 1 aromatic rings. The van der Waals surface area contributed by atoms with Crippen LogP contribution in [-0.4, -0.2) is 59.5 Å². The number of halogens is 1. The minimum Gasteiger partial charge on any atom is -0.480 e. The number of nitrogens with zero attached hydrogens (tertiary/aromatic N) is 2. The summed E-state index contributed by atoms with van der Waals surface area (Å²) in [5.74, 6) is -1.44. The SMILES string of the molecule is CN1CCN(C(=O)C2(c3ccccc3F)CC2)C[C@@H]1C(=O)O. The van der Waals surface area contributed by atoms with E-state index in [9.17, 15) is 19.1 Å². The van der Waals surface area contributed by atoms with Crippen molar-refractivity contribution in [1.29, 1.82) is 0 Å². The lowest BCUT2D eigenvalue weighted by Gasteiger charge is -2.38. The molecule has 1 aliphatic carbocycles. The predicted molar refractivity (Wildman–Crippen MR) is 77.9 cm³/mol. The van der Waals surface area contributed by atoms with Gasteiger partial charge in [-0.15, -0.1) is 0 Å². The van der Waals surface area contributed by atoms with Crippen molar-refractivity contribution in [2.24, 2.45) is 0 Å². The summed E-state index contributed by atoms with van der Waals surface area (Å²) in [6.07, 6.45) is 1.24. The van der Waals surface area contributed by atoms with Crippen molar-refractivity contribution in [1.82, 2.24) is 9.80 Å². The average molecular weight is 306 g/mol. The van der Waals surface area contributed by atoms with E-state index in [4.69, 9.17) is 0 Å². The van der Waals surface area contributed by atoms with Crippen molar-refractivity contribution in [3.8, 4) is 0 Å². The molecular formula is C16H19FN2O3. The summed E-state index contributed by atoms with van der Waals surface area (Å²) in [7, 11) is 1.74. The molecule has 0 radical (unpaired) electrons. The first-order valence-corrected chi connectivity index (χ1v) is 7.43. The molecule has 1 N–H and O–H groups in total. The van der Waals surface area contributed by atoms with Crippen molar-refractivity contribution in [3.63, 3.8) is 0 Å². The van der Waals surface area contributed by atoms with Gasteiger partial charge in [0.05, 0.1) is 5.41 Å². The van der Waals surface area contributed by atoms with E-state index in [0.717, 1.165) is 0 Å². The van der Waals surface area contributed by atoms with Crippen molar-refractivity contribution >= 4 is 11.9 Å². The van der Waals surface area contributed by atoms with Gasteiger partial charge in [-0.2, -0.15) is 0 Å². The lowest BCUT2D eigenvalue weighted by Crippen LogP contribution is -2.58. The van der Waals surface area contributed by atoms with E-state index >= 15 is 0 Å². The normalized spacial score (nSPS) is 24.1. The van der Waals surface area contributed by atoms with Gasteiger partial charge in [0.15, 0.2) is 0 Å². The number of carboxylic acids is 1. The van der Waals surface area contributed by atoms with Gasteiger partial charge in [0.2, 0.25) is 5.91 Å².